The number of hydrogen-bond acceptors (Lipinski definition) is 4. The van der Waals surface area contributed by atoms with Gasteiger partial charge in [0.25, 0.3) is 0 Å². The fourth-order valence-corrected chi connectivity index (χ4v) is 3.05. The first-order valence-corrected chi connectivity index (χ1v) is 8.03. The van der Waals surface area contributed by atoms with Gasteiger partial charge in [0.2, 0.25) is 0 Å². The molecule has 1 N–H and O–H groups in total. The van der Waals surface area contributed by atoms with Gasteiger partial charge in [0, 0.05) is 30.6 Å². The Hall–Kier alpha value is -0.610. The summed E-state index contributed by atoms with van der Waals surface area (Å²) in [4.78, 5) is 8.45. The lowest BCUT2D eigenvalue weighted by Gasteiger charge is -2.35. The van der Waals surface area contributed by atoms with Crippen molar-refractivity contribution in [3.8, 4) is 0 Å². The number of anilines is 1. The third-order valence-corrected chi connectivity index (χ3v) is 5.39. The first-order chi connectivity index (χ1) is 8.79. The van der Waals surface area contributed by atoms with Crippen LogP contribution in [0.5, 0.6) is 0 Å². The molecule has 1 atom stereocenters. The van der Waals surface area contributed by atoms with Gasteiger partial charge >= 0.3 is 0 Å². The van der Waals surface area contributed by atoms with Crippen molar-refractivity contribution in [1.82, 2.24) is 10.3 Å². The van der Waals surface area contributed by atoms with Crippen molar-refractivity contribution in [3.05, 3.63) is 10.6 Å². The highest BCUT2D eigenvalue weighted by molar-refractivity contribution is 7.15. The minimum Gasteiger partial charge on any atom is -0.348 e. The molecule has 2 rings (SSSR count). The zero-order valence-corrected chi connectivity index (χ0v) is 13.9. The van der Waals surface area contributed by atoms with Crippen molar-refractivity contribution in [2.75, 3.05) is 11.9 Å². The second kappa shape index (κ2) is 5.41. The molecular weight excluding hydrogens is 254 g/mol. The van der Waals surface area contributed by atoms with E-state index in [2.05, 4.69) is 51.9 Å². The lowest BCUT2D eigenvalue weighted by molar-refractivity contribution is 0.329. The van der Waals surface area contributed by atoms with Crippen LogP contribution in [0.15, 0.2) is 0 Å². The van der Waals surface area contributed by atoms with Gasteiger partial charge in [-0.15, -0.1) is 11.3 Å². The molecule has 4 heteroatoms. The molecule has 1 saturated carbocycles. The maximum atomic E-state index is 4.75. The third kappa shape index (κ3) is 3.69. The van der Waals surface area contributed by atoms with E-state index in [0.717, 1.165) is 17.7 Å². The van der Waals surface area contributed by atoms with Crippen LogP contribution in [-0.4, -0.2) is 24.1 Å². The molecule has 0 bridgehead atoms. The van der Waals surface area contributed by atoms with Gasteiger partial charge in [-0.1, -0.05) is 20.8 Å². The number of aryl methyl sites for hydroxylation is 1. The molecule has 3 nitrogen and oxygen atoms in total. The van der Waals surface area contributed by atoms with E-state index >= 15 is 0 Å². The monoisotopic (exact) mass is 281 g/mol. The molecule has 0 aromatic carbocycles. The van der Waals surface area contributed by atoms with Gasteiger partial charge in [-0.3, -0.25) is 0 Å². The van der Waals surface area contributed by atoms with Crippen LogP contribution in [0.4, 0.5) is 5.13 Å². The summed E-state index contributed by atoms with van der Waals surface area (Å²) in [5.41, 5.74) is 1.45. The zero-order chi connectivity index (χ0) is 14.2. The van der Waals surface area contributed by atoms with Crippen molar-refractivity contribution in [1.29, 1.82) is 0 Å². The lowest BCUT2D eigenvalue weighted by atomic mass is 9.87. The van der Waals surface area contributed by atoms with Crippen molar-refractivity contribution < 1.29 is 0 Å². The Kier molecular flexibility index (Phi) is 4.21. The normalized spacial score (nSPS) is 17.6. The Labute approximate surface area is 121 Å². The summed E-state index contributed by atoms with van der Waals surface area (Å²) in [6.45, 7) is 12.2. The van der Waals surface area contributed by atoms with Crippen LogP contribution in [0.2, 0.25) is 0 Å². The number of nitrogens with one attached hydrogen (secondary N) is 1. The summed E-state index contributed by atoms with van der Waals surface area (Å²) in [6.07, 6.45) is 2.68. The molecule has 1 aliphatic rings. The number of aromatic nitrogens is 1. The maximum absolute atomic E-state index is 4.75. The number of thiazole rings is 1. The average Bonchev–Trinajstić information content (AvgIpc) is 3.07. The van der Waals surface area contributed by atoms with Crippen molar-refractivity contribution >= 4 is 16.5 Å². The molecule has 1 fully saturated rings. The van der Waals surface area contributed by atoms with Gasteiger partial charge in [-0.2, -0.15) is 0 Å². The predicted molar refractivity (Wildman–Crippen MR) is 84.0 cm³/mol. The van der Waals surface area contributed by atoms with E-state index in [9.17, 15) is 0 Å². The second-order valence-corrected chi connectivity index (χ2v) is 7.88. The Morgan fingerprint density at radius 2 is 2.05 bits per heavy atom. The van der Waals surface area contributed by atoms with Gasteiger partial charge in [0.1, 0.15) is 0 Å². The molecule has 1 unspecified atom stereocenters. The van der Waals surface area contributed by atoms with E-state index < -0.39 is 0 Å². The third-order valence-electron chi connectivity index (χ3n) is 4.15. The van der Waals surface area contributed by atoms with E-state index in [4.69, 9.17) is 4.98 Å². The molecule has 0 amide bonds. The first kappa shape index (κ1) is 14.8. The van der Waals surface area contributed by atoms with Gasteiger partial charge in [-0.05, 0) is 32.1 Å². The van der Waals surface area contributed by atoms with Crippen molar-refractivity contribution in [3.63, 3.8) is 0 Å². The molecule has 108 valence electrons. The highest BCUT2D eigenvalue weighted by atomic mass is 32.1. The molecule has 1 aromatic rings. The summed E-state index contributed by atoms with van der Waals surface area (Å²) < 4.78 is 0. The Balaban J connectivity index is 2.05. The van der Waals surface area contributed by atoms with Crippen LogP contribution in [0.25, 0.3) is 0 Å². The molecule has 1 aliphatic carbocycles. The topological polar surface area (TPSA) is 28.2 Å². The minimum atomic E-state index is 0.265. The molecular formula is C15H27N3S. The molecule has 0 saturated heterocycles. The molecule has 0 radical (unpaired) electrons. The van der Waals surface area contributed by atoms with Crippen molar-refractivity contribution in [2.45, 2.75) is 66.1 Å². The molecule has 1 aromatic heterocycles. The van der Waals surface area contributed by atoms with E-state index in [1.165, 1.54) is 23.4 Å². The second-order valence-electron chi connectivity index (χ2n) is 6.81. The molecule has 0 aliphatic heterocycles. The van der Waals surface area contributed by atoms with Crippen LogP contribution in [0.3, 0.4) is 0 Å². The fraction of sp³-hybridized carbons (Fsp3) is 0.800. The van der Waals surface area contributed by atoms with Crippen LogP contribution in [0.1, 0.15) is 51.1 Å². The van der Waals surface area contributed by atoms with Crippen molar-refractivity contribution in [2.24, 2.45) is 5.41 Å². The number of nitrogens with zero attached hydrogens (tertiary/aromatic N) is 2. The van der Waals surface area contributed by atoms with E-state index in [1.807, 2.05) is 11.3 Å². The SMILES string of the molecule is Cc1nc(N(C)C(C)C(C)(C)C)sc1CNC1CC1. The van der Waals surface area contributed by atoms with E-state index in [0.29, 0.717) is 6.04 Å². The first-order valence-electron chi connectivity index (χ1n) is 7.21. The van der Waals surface area contributed by atoms with E-state index in [-0.39, 0.29) is 5.41 Å². The highest BCUT2D eigenvalue weighted by Crippen LogP contribution is 2.32. The van der Waals surface area contributed by atoms with Crippen LogP contribution in [0, 0.1) is 12.3 Å². The summed E-state index contributed by atoms with van der Waals surface area (Å²) in [7, 11) is 2.16. The number of rotatable bonds is 5. The summed E-state index contributed by atoms with van der Waals surface area (Å²) in [5.74, 6) is 0. The van der Waals surface area contributed by atoms with E-state index in [1.54, 1.807) is 0 Å². The summed E-state index contributed by atoms with van der Waals surface area (Å²) in [6, 6.07) is 1.23. The quantitative estimate of drug-likeness (QED) is 0.894. The lowest BCUT2D eigenvalue weighted by Crippen LogP contribution is -2.39. The van der Waals surface area contributed by atoms with Gasteiger partial charge < -0.3 is 10.2 Å². The number of hydrogen-bond donors (Lipinski definition) is 1. The maximum Gasteiger partial charge on any atom is 0.185 e. The standard InChI is InChI=1S/C15H27N3S/c1-10-13(9-16-12-7-8-12)19-14(17-10)18(6)11(2)15(3,4)5/h11-12,16H,7-9H2,1-6H3. The minimum absolute atomic E-state index is 0.265. The largest absolute Gasteiger partial charge is 0.348 e. The Morgan fingerprint density at radius 3 is 2.58 bits per heavy atom. The summed E-state index contributed by atoms with van der Waals surface area (Å²) >= 11 is 1.83. The fourth-order valence-electron chi connectivity index (χ4n) is 2.00. The highest BCUT2D eigenvalue weighted by Gasteiger charge is 2.26. The molecule has 1 heterocycles. The Morgan fingerprint density at radius 1 is 1.42 bits per heavy atom. The zero-order valence-electron chi connectivity index (χ0n) is 13.1. The van der Waals surface area contributed by atoms with Crippen LogP contribution in [-0.2, 0) is 6.54 Å². The van der Waals surface area contributed by atoms with Gasteiger partial charge in [0.05, 0.1) is 5.69 Å². The van der Waals surface area contributed by atoms with Crippen LogP contribution < -0.4 is 10.2 Å². The average molecular weight is 281 g/mol. The smallest absolute Gasteiger partial charge is 0.185 e. The van der Waals surface area contributed by atoms with Gasteiger partial charge in [-0.25, -0.2) is 4.98 Å². The van der Waals surface area contributed by atoms with Gasteiger partial charge in [0.15, 0.2) is 5.13 Å². The molecule has 0 spiro atoms. The van der Waals surface area contributed by atoms with Crippen LogP contribution >= 0.6 is 11.3 Å². The predicted octanol–water partition coefficient (Wildman–Crippen LogP) is 3.57. The Bertz CT molecular complexity index is 429. The summed E-state index contributed by atoms with van der Waals surface area (Å²) in [5, 5.41) is 4.72. The molecule has 19 heavy (non-hydrogen) atoms.